The second kappa shape index (κ2) is 7.68. The molecular weight excluding hydrogens is 366 g/mol. The van der Waals surface area contributed by atoms with Crippen molar-refractivity contribution in [3.8, 4) is 0 Å². The molecule has 0 fully saturated rings. The minimum Gasteiger partial charge on any atom is -0.351 e. The highest BCUT2D eigenvalue weighted by molar-refractivity contribution is 7.90. The summed E-state index contributed by atoms with van der Waals surface area (Å²) in [6.07, 6.45) is 2.93. The number of urea groups is 1. The number of pyridine rings is 1. The number of hydrogen-bond acceptors (Lipinski definition) is 6. The van der Waals surface area contributed by atoms with Crippen LogP contribution in [0.2, 0.25) is 0 Å². The topological polar surface area (TPSA) is 143 Å². The smallest absolute Gasteiger partial charge is 0.326 e. The van der Waals surface area contributed by atoms with Crippen molar-refractivity contribution in [2.75, 3.05) is 5.32 Å². The number of thiocarbonyl (C=S) groups is 1. The van der Waals surface area contributed by atoms with Crippen molar-refractivity contribution < 1.29 is 18.0 Å². The van der Waals surface area contributed by atoms with Crippen molar-refractivity contribution in [1.82, 2.24) is 15.0 Å². The first-order valence-electron chi connectivity index (χ1n) is 6.72. The summed E-state index contributed by atoms with van der Waals surface area (Å²) in [5, 5.41) is 5.23. The van der Waals surface area contributed by atoms with Gasteiger partial charge in [0.2, 0.25) is 0 Å². The van der Waals surface area contributed by atoms with Gasteiger partial charge in [0, 0.05) is 18.1 Å². The lowest BCUT2D eigenvalue weighted by atomic mass is 10.3. The van der Waals surface area contributed by atoms with Crippen LogP contribution in [0, 0.1) is 0 Å². The fourth-order valence-electron chi connectivity index (χ4n) is 1.74. The van der Waals surface area contributed by atoms with Crippen molar-refractivity contribution in [2.24, 2.45) is 5.73 Å². The predicted octanol–water partition coefficient (Wildman–Crippen LogP) is 0.565. The Morgan fingerprint density at radius 3 is 2.36 bits per heavy atom. The number of benzene rings is 1. The van der Waals surface area contributed by atoms with Gasteiger partial charge in [-0.3, -0.25) is 15.1 Å². The van der Waals surface area contributed by atoms with Crippen LogP contribution in [0.1, 0.15) is 10.4 Å². The summed E-state index contributed by atoms with van der Waals surface area (Å²) in [6, 6.07) is 7.34. The molecule has 0 aliphatic heterocycles. The summed E-state index contributed by atoms with van der Waals surface area (Å²) in [6.45, 7) is 0. The van der Waals surface area contributed by atoms with Gasteiger partial charge >= 0.3 is 6.03 Å². The first-order valence-corrected chi connectivity index (χ1v) is 8.62. The van der Waals surface area contributed by atoms with Crippen LogP contribution in [-0.2, 0) is 10.0 Å². The molecule has 0 saturated heterocycles. The summed E-state index contributed by atoms with van der Waals surface area (Å²) in [5.41, 5.74) is 5.58. The Kier molecular flexibility index (Phi) is 5.62. The van der Waals surface area contributed by atoms with Gasteiger partial charge in [-0.25, -0.2) is 17.9 Å². The van der Waals surface area contributed by atoms with Gasteiger partial charge in [-0.2, -0.15) is 0 Å². The van der Waals surface area contributed by atoms with E-state index < -0.39 is 22.0 Å². The number of sulfonamides is 1. The zero-order chi connectivity index (χ0) is 18.4. The summed E-state index contributed by atoms with van der Waals surface area (Å²) < 4.78 is 25.2. The molecule has 2 rings (SSSR count). The van der Waals surface area contributed by atoms with Crippen molar-refractivity contribution in [3.05, 3.63) is 54.4 Å². The first-order chi connectivity index (χ1) is 11.8. The molecule has 130 valence electrons. The second-order valence-corrected chi connectivity index (χ2v) is 6.73. The van der Waals surface area contributed by atoms with E-state index in [4.69, 9.17) is 18.0 Å². The third-order valence-electron chi connectivity index (χ3n) is 2.81. The van der Waals surface area contributed by atoms with Gasteiger partial charge in [0.05, 0.1) is 10.5 Å². The second-order valence-electron chi connectivity index (χ2n) is 4.64. The van der Waals surface area contributed by atoms with Gasteiger partial charge < -0.3 is 11.1 Å². The molecule has 2 aromatic rings. The minimum absolute atomic E-state index is 0.0275. The molecule has 0 saturated carbocycles. The SMILES string of the molecule is NC(=O)NS(=O)(=O)c1ccc(NC(=S)NC(=O)c2cccnc2)cc1. The zero-order valence-corrected chi connectivity index (χ0v) is 14.2. The van der Waals surface area contributed by atoms with E-state index in [2.05, 4.69) is 15.6 Å². The van der Waals surface area contributed by atoms with E-state index in [0.717, 1.165) is 0 Å². The van der Waals surface area contributed by atoms with E-state index in [9.17, 15) is 18.0 Å². The van der Waals surface area contributed by atoms with E-state index in [1.807, 2.05) is 0 Å². The van der Waals surface area contributed by atoms with Gasteiger partial charge in [0.1, 0.15) is 0 Å². The molecule has 1 aromatic carbocycles. The maximum absolute atomic E-state index is 11.9. The quantitative estimate of drug-likeness (QED) is 0.568. The number of amides is 3. The van der Waals surface area contributed by atoms with Crippen LogP contribution in [0.5, 0.6) is 0 Å². The Morgan fingerprint density at radius 1 is 1.12 bits per heavy atom. The molecule has 9 nitrogen and oxygen atoms in total. The highest BCUT2D eigenvalue weighted by atomic mass is 32.2. The molecule has 1 heterocycles. The van der Waals surface area contributed by atoms with Crippen molar-refractivity contribution in [2.45, 2.75) is 4.90 Å². The molecule has 1 aromatic heterocycles. The Morgan fingerprint density at radius 2 is 1.80 bits per heavy atom. The third kappa shape index (κ3) is 5.22. The van der Waals surface area contributed by atoms with E-state index in [1.54, 1.807) is 16.9 Å². The molecule has 0 unspecified atom stereocenters. The van der Waals surface area contributed by atoms with E-state index in [0.29, 0.717) is 11.3 Å². The molecule has 0 aliphatic carbocycles. The lowest BCUT2D eigenvalue weighted by Crippen LogP contribution is -2.35. The molecular formula is C14H13N5O4S2. The molecule has 25 heavy (non-hydrogen) atoms. The Balaban J connectivity index is 2.00. The first kappa shape index (κ1) is 18.3. The maximum atomic E-state index is 11.9. The van der Waals surface area contributed by atoms with Crippen LogP contribution in [0.3, 0.4) is 0 Å². The molecule has 5 N–H and O–H groups in total. The maximum Gasteiger partial charge on any atom is 0.326 e. The van der Waals surface area contributed by atoms with Gasteiger partial charge in [0.25, 0.3) is 15.9 Å². The largest absolute Gasteiger partial charge is 0.351 e. The lowest BCUT2D eigenvalue weighted by Gasteiger charge is -2.10. The summed E-state index contributed by atoms with van der Waals surface area (Å²) >= 11 is 5.02. The van der Waals surface area contributed by atoms with Crippen LogP contribution in [0.25, 0.3) is 0 Å². The molecule has 11 heteroatoms. The minimum atomic E-state index is -4.02. The number of nitrogens with two attached hydrogens (primary N) is 1. The molecule has 0 spiro atoms. The third-order valence-corrected chi connectivity index (χ3v) is 4.38. The molecule has 0 radical (unpaired) electrons. The van der Waals surface area contributed by atoms with E-state index >= 15 is 0 Å². The summed E-state index contributed by atoms with van der Waals surface area (Å²) in [7, 11) is -4.02. The predicted molar refractivity (Wildman–Crippen MR) is 94.3 cm³/mol. The lowest BCUT2D eigenvalue weighted by molar-refractivity contribution is 0.0977. The number of carbonyl (C=O) groups is 2. The Hall–Kier alpha value is -3.05. The van der Waals surface area contributed by atoms with Crippen LogP contribution in [0.15, 0.2) is 53.7 Å². The highest BCUT2D eigenvalue weighted by Crippen LogP contribution is 2.13. The fraction of sp³-hybridized carbons (Fsp3) is 0. The molecule has 0 atom stereocenters. The number of nitrogens with zero attached hydrogens (tertiary/aromatic N) is 1. The van der Waals surface area contributed by atoms with Crippen LogP contribution in [0.4, 0.5) is 10.5 Å². The number of aromatic nitrogens is 1. The average molecular weight is 379 g/mol. The normalized spacial score (nSPS) is 10.6. The highest BCUT2D eigenvalue weighted by Gasteiger charge is 2.15. The van der Waals surface area contributed by atoms with Crippen LogP contribution < -0.4 is 21.1 Å². The van der Waals surface area contributed by atoms with Gasteiger partial charge in [0.15, 0.2) is 5.11 Å². The number of primary amides is 1. The number of anilines is 1. The van der Waals surface area contributed by atoms with Crippen molar-refractivity contribution in [1.29, 1.82) is 0 Å². The van der Waals surface area contributed by atoms with E-state index in [-0.39, 0.29) is 10.0 Å². The number of rotatable bonds is 4. The number of nitrogens with one attached hydrogen (secondary N) is 3. The fourth-order valence-corrected chi connectivity index (χ4v) is 2.83. The number of hydrogen-bond donors (Lipinski definition) is 4. The Labute approximate surface area is 148 Å². The summed E-state index contributed by atoms with van der Waals surface area (Å²) in [5.74, 6) is -0.435. The standard InChI is InChI=1S/C14H13N5O4S2/c15-13(21)19-25(22,23)11-5-3-10(4-6-11)17-14(24)18-12(20)9-2-1-7-16-8-9/h1-8H,(H3,15,19,21)(H2,17,18,20,24). The monoisotopic (exact) mass is 379 g/mol. The van der Waals surface area contributed by atoms with Crippen LogP contribution >= 0.6 is 12.2 Å². The Bertz CT molecular complexity index is 899. The van der Waals surface area contributed by atoms with Gasteiger partial charge in [-0.1, -0.05) is 0 Å². The van der Waals surface area contributed by atoms with Crippen molar-refractivity contribution >= 4 is 45.0 Å². The van der Waals surface area contributed by atoms with Gasteiger partial charge in [-0.15, -0.1) is 0 Å². The van der Waals surface area contributed by atoms with Crippen molar-refractivity contribution in [3.63, 3.8) is 0 Å². The van der Waals surface area contributed by atoms with Crippen LogP contribution in [-0.4, -0.2) is 30.5 Å². The average Bonchev–Trinajstić information content (AvgIpc) is 2.55. The zero-order valence-electron chi connectivity index (χ0n) is 12.6. The number of carbonyl (C=O) groups excluding carboxylic acids is 2. The molecule has 3 amide bonds. The van der Waals surface area contributed by atoms with Gasteiger partial charge in [-0.05, 0) is 48.6 Å². The molecule has 0 aliphatic rings. The molecule has 0 bridgehead atoms. The summed E-state index contributed by atoms with van der Waals surface area (Å²) in [4.78, 5) is 26.3. The van der Waals surface area contributed by atoms with E-state index in [1.165, 1.54) is 36.7 Å².